The molecule has 0 aliphatic rings. The van der Waals surface area contributed by atoms with E-state index in [1.807, 2.05) is 0 Å². The third kappa shape index (κ3) is 2.71. The molecule has 7 nitrogen and oxygen atoms in total. The quantitative estimate of drug-likeness (QED) is 0.724. The highest BCUT2D eigenvalue weighted by Gasteiger charge is 2.18. The molecule has 1 aromatic carbocycles. The molecule has 0 saturated heterocycles. The lowest BCUT2D eigenvalue weighted by Gasteiger charge is -2.08. The first kappa shape index (κ1) is 16.0. The molecule has 0 spiro atoms. The highest BCUT2D eigenvalue weighted by Crippen LogP contribution is 2.15. The third-order valence-electron chi connectivity index (χ3n) is 3.57. The summed E-state index contributed by atoms with van der Waals surface area (Å²) < 4.78 is 11.9. The Morgan fingerprint density at radius 3 is 2.54 bits per heavy atom. The van der Waals surface area contributed by atoms with E-state index in [2.05, 4.69) is 0 Å². The Balaban J connectivity index is 1.88. The first-order chi connectivity index (χ1) is 11.5. The fourth-order valence-electron chi connectivity index (χ4n) is 2.26. The number of rotatable bonds is 3. The number of carbonyl (C=O) groups excluding carboxylic acids is 1. The summed E-state index contributed by atoms with van der Waals surface area (Å²) in [5.74, 6) is 0.679. The fourth-order valence-corrected chi connectivity index (χ4v) is 3.11. The van der Waals surface area contributed by atoms with Gasteiger partial charge in [0.15, 0.2) is 0 Å². The van der Waals surface area contributed by atoms with Gasteiger partial charge in [-0.2, -0.15) is 4.57 Å². The van der Waals surface area contributed by atoms with Crippen LogP contribution in [0.1, 0.15) is 5.56 Å². The standard InChI is InChI=1S/C16H14N2O5S/c1-17-14-12(7-8-24-14)13(19)18(15(17)20)16(21)23-9-10-3-5-11(22-2)6-4-10/h3-8H,9H2,1-2H3. The van der Waals surface area contributed by atoms with Crippen molar-refractivity contribution in [3.8, 4) is 5.75 Å². The normalized spacial score (nSPS) is 10.8. The maximum atomic E-state index is 12.3. The topological polar surface area (TPSA) is 79.5 Å². The number of hydrogen-bond donors (Lipinski definition) is 0. The van der Waals surface area contributed by atoms with Crippen LogP contribution in [0.2, 0.25) is 0 Å². The summed E-state index contributed by atoms with van der Waals surface area (Å²) in [7, 11) is 3.06. The molecule has 24 heavy (non-hydrogen) atoms. The minimum Gasteiger partial charge on any atom is -0.497 e. The molecule has 3 rings (SSSR count). The van der Waals surface area contributed by atoms with E-state index in [1.165, 1.54) is 23.0 Å². The predicted molar refractivity (Wildman–Crippen MR) is 89.9 cm³/mol. The van der Waals surface area contributed by atoms with E-state index in [1.54, 1.807) is 42.8 Å². The van der Waals surface area contributed by atoms with Crippen molar-refractivity contribution in [2.24, 2.45) is 7.05 Å². The molecule has 0 radical (unpaired) electrons. The molecule has 0 saturated carbocycles. The van der Waals surface area contributed by atoms with E-state index in [0.717, 1.165) is 0 Å². The average Bonchev–Trinajstić information content (AvgIpc) is 3.09. The molecule has 0 aliphatic heterocycles. The molecule has 2 heterocycles. The van der Waals surface area contributed by atoms with E-state index < -0.39 is 17.3 Å². The zero-order valence-corrected chi connectivity index (χ0v) is 13.8. The molecule has 0 aliphatic carbocycles. The highest BCUT2D eigenvalue weighted by molar-refractivity contribution is 7.16. The van der Waals surface area contributed by atoms with Gasteiger partial charge in [0.05, 0.1) is 12.5 Å². The molecule has 0 N–H and O–H groups in total. The van der Waals surface area contributed by atoms with Gasteiger partial charge in [-0.1, -0.05) is 12.1 Å². The van der Waals surface area contributed by atoms with Gasteiger partial charge >= 0.3 is 11.8 Å². The highest BCUT2D eigenvalue weighted by atomic mass is 32.1. The zero-order valence-electron chi connectivity index (χ0n) is 13.0. The van der Waals surface area contributed by atoms with Crippen LogP contribution in [0, 0.1) is 0 Å². The Labute approximate surface area is 140 Å². The number of carbonyl (C=O) groups is 1. The van der Waals surface area contributed by atoms with Gasteiger partial charge in [0.2, 0.25) is 0 Å². The molecule has 0 unspecified atom stereocenters. The van der Waals surface area contributed by atoms with Crippen molar-refractivity contribution >= 4 is 27.6 Å². The molecule has 0 bridgehead atoms. The summed E-state index contributed by atoms with van der Waals surface area (Å²) in [6, 6.07) is 8.50. The van der Waals surface area contributed by atoms with Gasteiger partial charge in [-0.05, 0) is 29.1 Å². The first-order valence-corrected chi connectivity index (χ1v) is 7.90. The molecule has 0 fully saturated rings. The number of aromatic nitrogens is 2. The Hall–Kier alpha value is -2.87. The molecule has 8 heteroatoms. The van der Waals surface area contributed by atoms with Crippen molar-refractivity contribution in [3.05, 3.63) is 62.1 Å². The number of ether oxygens (including phenoxy) is 2. The van der Waals surface area contributed by atoms with Crippen LogP contribution in [0.4, 0.5) is 4.79 Å². The van der Waals surface area contributed by atoms with Crippen molar-refractivity contribution in [2.45, 2.75) is 6.61 Å². The molecule has 0 amide bonds. The molecule has 2 aromatic heterocycles. The van der Waals surface area contributed by atoms with Crippen LogP contribution in [-0.4, -0.2) is 22.3 Å². The lowest BCUT2D eigenvalue weighted by Crippen LogP contribution is -2.43. The maximum absolute atomic E-state index is 12.3. The summed E-state index contributed by atoms with van der Waals surface area (Å²) in [5, 5.41) is 2.00. The van der Waals surface area contributed by atoms with E-state index in [0.29, 0.717) is 26.1 Å². The molecule has 124 valence electrons. The number of benzene rings is 1. The Morgan fingerprint density at radius 2 is 1.88 bits per heavy atom. The second kappa shape index (κ2) is 6.32. The summed E-state index contributed by atoms with van der Waals surface area (Å²) in [6.07, 6.45) is -0.996. The van der Waals surface area contributed by atoms with Crippen LogP contribution in [0.3, 0.4) is 0 Å². The lowest BCUT2D eigenvalue weighted by atomic mass is 10.2. The minimum absolute atomic E-state index is 0.0555. The number of hydrogen-bond acceptors (Lipinski definition) is 6. The van der Waals surface area contributed by atoms with Gasteiger partial charge in [0.25, 0.3) is 5.56 Å². The van der Waals surface area contributed by atoms with E-state index >= 15 is 0 Å². The monoisotopic (exact) mass is 346 g/mol. The second-order valence-electron chi connectivity index (χ2n) is 5.02. The predicted octanol–water partition coefficient (Wildman–Crippen LogP) is 1.96. The lowest BCUT2D eigenvalue weighted by molar-refractivity contribution is 0.139. The SMILES string of the molecule is COc1ccc(COC(=O)n2c(=O)c3ccsc3n(C)c2=O)cc1. The van der Waals surface area contributed by atoms with Crippen molar-refractivity contribution < 1.29 is 14.3 Å². The summed E-state index contributed by atoms with van der Waals surface area (Å²) in [4.78, 5) is 37.3. The van der Waals surface area contributed by atoms with Crippen molar-refractivity contribution in [1.82, 2.24) is 9.13 Å². The van der Waals surface area contributed by atoms with E-state index in [9.17, 15) is 14.4 Å². The number of methoxy groups -OCH3 is 1. The van der Waals surface area contributed by atoms with Gasteiger partial charge in [-0.3, -0.25) is 9.36 Å². The average molecular weight is 346 g/mol. The van der Waals surface area contributed by atoms with Crippen molar-refractivity contribution in [3.63, 3.8) is 0 Å². The largest absolute Gasteiger partial charge is 0.497 e. The van der Waals surface area contributed by atoms with Gasteiger partial charge in [-0.25, -0.2) is 9.59 Å². The Kier molecular flexibility index (Phi) is 4.22. The Bertz CT molecular complexity index is 1010. The third-order valence-corrected chi connectivity index (χ3v) is 4.55. The van der Waals surface area contributed by atoms with E-state index in [-0.39, 0.29) is 6.61 Å². The summed E-state index contributed by atoms with van der Waals surface area (Å²) in [6.45, 7) is -0.0555. The summed E-state index contributed by atoms with van der Waals surface area (Å²) >= 11 is 1.26. The van der Waals surface area contributed by atoms with Crippen LogP contribution >= 0.6 is 11.3 Å². The molecular formula is C16H14N2O5S. The number of fused-ring (bicyclic) bond motifs is 1. The molecule has 0 atom stereocenters. The first-order valence-electron chi connectivity index (χ1n) is 7.02. The Morgan fingerprint density at radius 1 is 1.17 bits per heavy atom. The smallest absolute Gasteiger partial charge is 0.425 e. The molecular weight excluding hydrogens is 332 g/mol. The van der Waals surface area contributed by atoms with Crippen LogP contribution in [-0.2, 0) is 18.4 Å². The summed E-state index contributed by atoms with van der Waals surface area (Å²) in [5.41, 5.74) is -0.686. The second-order valence-corrected chi connectivity index (χ2v) is 5.92. The van der Waals surface area contributed by atoms with E-state index in [4.69, 9.17) is 9.47 Å². The number of aryl methyl sites for hydroxylation is 1. The van der Waals surface area contributed by atoms with Crippen molar-refractivity contribution in [2.75, 3.05) is 7.11 Å². The maximum Gasteiger partial charge on any atom is 0.425 e. The zero-order chi connectivity index (χ0) is 17.3. The minimum atomic E-state index is -0.996. The number of nitrogens with zero attached hydrogens (tertiary/aromatic N) is 2. The van der Waals surface area contributed by atoms with Gasteiger partial charge < -0.3 is 9.47 Å². The van der Waals surface area contributed by atoms with Gasteiger partial charge in [0, 0.05) is 7.05 Å². The van der Waals surface area contributed by atoms with Gasteiger partial charge in [0.1, 0.15) is 17.2 Å². The van der Waals surface area contributed by atoms with Crippen LogP contribution < -0.4 is 16.0 Å². The van der Waals surface area contributed by atoms with Crippen LogP contribution in [0.15, 0.2) is 45.3 Å². The van der Waals surface area contributed by atoms with Crippen LogP contribution in [0.5, 0.6) is 5.75 Å². The fraction of sp³-hybridized carbons (Fsp3) is 0.188. The van der Waals surface area contributed by atoms with Crippen LogP contribution in [0.25, 0.3) is 10.2 Å². The molecule has 3 aromatic rings. The number of thiophene rings is 1. The van der Waals surface area contributed by atoms with Crippen molar-refractivity contribution in [1.29, 1.82) is 0 Å². The van der Waals surface area contributed by atoms with Gasteiger partial charge in [-0.15, -0.1) is 11.3 Å².